The molecule has 9 rings (SSSR count). The first-order valence-electron chi connectivity index (χ1n) is 16.4. The van der Waals surface area contributed by atoms with E-state index >= 15 is 9.59 Å². The van der Waals surface area contributed by atoms with E-state index < -0.39 is 16.4 Å². The van der Waals surface area contributed by atoms with Gasteiger partial charge >= 0.3 is 0 Å². The SMILES string of the molecule is Cc1ccc([C@H]2CN(C)[C@]3(C(=O)c4cccc5cccc3c45)[C@]23C[C@H]2[C@@H]4CCc5cc(O)ccc5[C@H]4CC[C@]2(C)C3=O)cc1. The summed E-state index contributed by atoms with van der Waals surface area (Å²) >= 11 is 0. The largest absolute Gasteiger partial charge is 0.508 e. The van der Waals surface area contributed by atoms with E-state index in [1.54, 1.807) is 0 Å². The van der Waals surface area contributed by atoms with E-state index in [9.17, 15) is 5.11 Å². The van der Waals surface area contributed by atoms with Gasteiger partial charge in [0.1, 0.15) is 17.1 Å². The Kier molecular flexibility index (Phi) is 5.26. The lowest BCUT2D eigenvalue weighted by atomic mass is 9.55. The molecular formula is C40H39NO3. The van der Waals surface area contributed by atoms with Crippen molar-refractivity contribution in [2.75, 3.05) is 13.6 Å². The molecule has 1 aliphatic heterocycles. The number of likely N-dealkylation sites (N-methyl/N-ethyl adjacent to an activating group) is 1. The van der Waals surface area contributed by atoms with E-state index in [1.807, 2.05) is 24.3 Å². The Morgan fingerprint density at radius 1 is 0.932 bits per heavy atom. The number of ketones is 2. The second-order valence-corrected chi connectivity index (χ2v) is 14.9. The standard InChI is InChI=1S/C40H39NO3/c1-23-10-12-24(13-11-23)34-22-41(3)40(32-9-5-7-25-6-4-8-31(35(25)32)36(40)43)39(34)21-33-30-16-14-26-20-27(42)15-17-28(26)29(30)18-19-38(33,2)37(39)44/h4-13,15,17,20,29-30,33-34,42H,14,16,18-19,21-22H2,1-3H3/t29-,30-,33+,34-,38+,39-,40-/m1/s1. The fourth-order valence-corrected chi connectivity index (χ4v) is 11.4. The molecule has 0 aromatic heterocycles. The molecule has 4 nitrogen and oxygen atoms in total. The maximum absolute atomic E-state index is 15.8. The third kappa shape index (κ3) is 2.94. The summed E-state index contributed by atoms with van der Waals surface area (Å²) in [6.07, 6.45) is 4.49. The van der Waals surface area contributed by atoms with E-state index in [1.165, 1.54) is 22.3 Å². The Labute approximate surface area is 259 Å². The number of likely N-dealkylation sites (tertiary alicyclic amines) is 1. The molecule has 1 heterocycles. The molecule has 1 saturated heterocycles. The van der Waals surface area contributed by atoms with Crippen LogP contribution < -0.4 is 0 Å². The van der Waals surface area contributed by atoms with Crippen molar-refractivity contribution in [3.63, 3.8) is 0 Å². The van der Waals surface area contributed by atoms with Crippen molar-refractivity contribution >= 4 is 22.3 Å². The first-order chi connectivity index (χ1) is 21.2. The highest BCUT2D eigenvalue weighted by Gasteiger charge is 2.79. The molecule has 0 amide bonds. The van der Waals surface area contributed by atoms with Gasteiger partial charge in [0.25, 0.3) is 0 Å². The Balaban J connectivity index is 1.29. The normalized spacial score (nSPS) is 35.4. The molecule has 222 valence electrons. The van der Waals surface area contributed by atoms with Gasteiger partial charge in [0, 0.05) is 23.4 Å². The molecule has 1 N–H and O–H groups in total. The lowest BCUT2D eigenvalue weighted by Crippen LogP contribution is -2.57. The molecule has 7 atom stereocenters. The van der Waals surface area contributed by atoms with Crippen molar-refractivity contribution in [1.29, 1.82) is 0 Å². The number of rotatable bonds is 1. The molecule has 4 aromatic carbocycles. The fourth-order valence-electron chi connectivity index (χ4n) is 11.4. The summed E-state index contributed by atoms with van der Waals surface area (Å²) in [4.78, 5) is 33.3. The van der Waals surface area contributed by atoms with Crippen molar-refractivity contribution in [3.8, 4) is 5.75 Å². The van der Waals surface area contributed by atoms with Gasteiger partial charge in [-0.25, -0.2) is 0 Å². The van der Waals surface area contributed by atoms with Gasteiger partial charge < -0.3 is 5.11 Å². The third-order valence-electron chi connectivity index (χ3n) is 13.2. The van der Waals surface area contributed by atoms with Gasteiger partial charge in [-0.05, 0) is 109 Å². The number of aryl methyl sites for hydroxylation is 2. The molecule has 3 fully saturated rings. The summed E-state index contributed by atoms with van der Waals surface area (Å²) in [6, 6.07) is 27.1. The van der Waals surface area contributed by atoms with Crippen LogP contribution in [0, 0.1) is 29.6 Å². The molecule has 5 aliphatic rings. The maximum atomic E-state index is 15.8. The van der Waals surface area contributed by atoms with Crippen LogP contribution in [0.1, 0.15) is 82.6 Å². The van der Waals surface area contributed by atoms with Crippen molar-refractivity contribution in [3.05, 3.63) is 112 Å². The number of carbonyl (C=O) groups excluding carboxylic acids is 2. The molecule has 2 saturated carbocycles. The predicted octanol–water partition coefficient (Wildman–Crippen LogP) is 7.70. The molecule has 0 radical (unpaired) electrons. The Bertz CT molecular complexity index is 1900. The number of phenols is 1. The van der Waals surface area contributed by atoms with E-state index in [2.05, 4.69) is 80.4 Å². The average molecular weight is 582 g/mol. The van der Waals surface area contributed by atoms with Crippen LogP contribution in [-0.2, 0) is 16.8 Å². The summed E-state index contributed by atoms with van der Waals surface area (Å²) in [5.74, 6) is 1.64. The fraction of sp³-hybridized carbons (Fsp3) is 0.400. The summed E-state index contributed by atoms with van der Waals surface area (Å²) < 4.78 is 0. The van der Waals surface area contributed by atoms with Crippen LogP contribution in [0.2, 0.25) is 0 Å². The van der Waals surface area contributed by atoms with E-state index in [0.717, 1.165) is 54.0 Å². The lowest BCUT2D eigenvalue weighted by molar-refractivity contribution is -0.139. The predicted molar refractivity (Wildman–Crippen MR) is 172 cm³/mol. The van der Waals surface area contributed by atoms with Crippen LogP contribution in [0.25, 0.3) is 10.8 Å². The van der Waals surface area contributed by atoms with Crippen molar-refractivity contribution in [2.24, 2.45) is 22.7 Å². The molecular weight excluding hydrogens is 542 g/mol. The minimum absolute atomic E-state index is 0.0807. The smallest absolute Gasteiger partial charge is 0.189 e. The number of carbonyl (C=O) groups is 2. The van der Waals surface area contributed by atoms with Gasteiger partial charge in [-0.15, -0.1) is 0 Å². The topological polar surface area (TPSA) is 57.6 Å². The number of aromatic hydroxyl groups is 1. The van der Waals surface area contributed by atoms with Crippen LogP contribution in [0.5, 0.6) is 5.75 Å². The Morgan fingerprint density at radius 3 is 2.50 bits per heavy atom. The summed E-state index contributed by atoms with van der Waals surface area (Å²) in [6.45, 7) is 5.03. The number of fused-ring (bicyclic) bond motifs is 7. The second kappa shape index (κ2) is 8.69. The molecule has 0 unspecified atom stereocenters. The number of hydrogen-bond acceptors (Lipinski definition) is 4. The van der Waals surface area contributed by atoms with Crippen molar-refractivity contribution < 1.29 is 14.7 Å². The van der Waals surface area contributed by atoms with Crippen molar-refractivity contribution in [2.45, 2.75) is 63.3 Å². The van der Waals surface area contributed by atoms with Crippen LogP contribution >= 0.6 is 0 Å². The minimum Gasteiger partial charge on any atom is -0.508 e. The van der Waals surface area contributed by atoms with E-state index in [-0.39, 0.29) is 17.6 Å². The van der Waals surface area contributed by atoms with Gasteiger partial charge in [-0.1, -0.05) is 79.2 Å². The average Bonchev–Trinajstić information content (AvgIpc) is 3.55. The minimum atomic E-state index is -1.03. The van der Waals surface area contributed by atoms with E-state index in [0.29, 0.717) is 29.9 Å². The van der Waals surface area contributed by atoms with Crippen LogP contribution in [0.3, 0.4) is 0 Å². The first kappa shape index (κ1) is 26.6. The zero-order chi connectivity index (χ0) is 30.2. The third-order valence-corrected chi connectivity index (χ3v) is 13.2. The highest BCUT2D eigenvalue weighted by atomic mass is 16.3. The molecule has 4 aromatic rings. The molecule has 4 heteroatoms. The molecule has 2 spiro atoms. The van der Waals surface area contributed by atoms with Crippen LogP contribution in [0.4, 0.5) is 0 Å². The van der Waals surface area contributed by atoms with Gasteiger partial charge in [0.2, 0.25) is 0 Å². The Morgan fingerprint density at radius 2 is 1.70 bits per heavy atom. The number of phenolic OH excluding ortho intramolecular Hbond substituents is 1. The zero-order valence-corrected chi connectivity index (χ0v) is 25.8. The van der Waals surface area contributed by atoms with Crippen LogP contribution in [-0.4, -0.2) is 35.2 Å². The molecule has 44 heavy (non-hydrogen) atoms. The summed E-state index contributed by atoms with van der Waals surface area (Å²) in [7, 11) is 2.10. The second-order valence-electron chi connectivity index (χ2n) is 14.9. The monoisotopic (exact) mass is 581 g/mol. The maximum Gasteiger partial charge on any atom is 0.189 e. The number of Topliss-reactive ketones (excluding diaryl/α,β-unsaturated/α-hetero) is 2. The molecule has 0 bridgehead atoms. The van der Waals surface area contributed by atoms with Gasteiger partial charge in [0.15, 0.2) is 5.78 Å². The highest BCUT2D eigenvalue weighted by Crippen LogP contribution is 2.74. The van der Waals surface area contributed by atoms with Gasteiger partial charge in [-0.3, -0.25) is 14.5 Å². The zero-order valence-electron chi connectivity index (χ0n) is 25.8. The summed E-state index contributed by atoms with van der Waals surface area (Å²) in [5, 5.41) is 12.3. The number of nitrogens with zero attached hydrogens (tertiary/aromatic N) is 1. The lowest BCUT2D eigenvalue weighted by Gasteiger charge is -2.48. The Hall–Kier alpha value is -3.76. The quantitative estimate of drug-likeness (QED) is 0.250. The van der Waals surface area contributed by atoms with Gasteiger partial charge in [0.05, 0.1) is 5.41 Å². The number of hydrogen-bond donors (Lipinski definition) is 1. The highest BCUT2D eigenvalue weighted by molar-refractivity contribution is 6.23. The molecule has 4 aliphatic carbocycles. The summed E-state index contributed by atoms with van der Waals surface area (Å²) in [5.41, 5.74) is 4.41. The van der Waals surface area contributed by atoms with Crippen LogP contribution in [0.15, 0.2) is 78.9 Å². The first-order valence-corrected chi connectivity index (χ1v) is 16.4. The van der Waals surface area contributed by atoms with E-state index in [4.69, 9.17) is 0 Å². The van der Waals surface area contributed by atoms with Crippen molar-refractivity contribution in [1.82, 2.24) is 4.90 Å². The number of benzene rings is 4. The van der Waals surface area contributed by atoms with Gasteiger partial charge in [-0.2, -0.15) is 0 Å².